The van der Waals surface area contributed by atoms with Gasteiger partial charge in [-0.2, -0.15) is 9.29 Å². The Morgan fingerprint density at radius 2 is 1.25 bits per heavy atom. The van der Waals surface area contributed by atoms with Crippen LogP contribution in [0.2, 0.25) is 0 Å². The first-order chi connectivity index (χ1) is 27.9. The van der Waals surface area contributed by atoms with E-state index in [1.165, 1.54) is 51.0 Å². The summed E-state index contributed by atoms with van der Waals surface area (Å²) in [5.41, 5.74) is 4.57. The van der Waals surface area contributed by atoms with Gasteiger partial charge in [-0.3, -0.25) is 23.2 Å². The van der Waals surface area contributed by atoms with Gasteiger partial charge in [-0.15, -0.1) is 0 Å². The van der Waals surface area contributed by atoms with Gasteiger partial charge in [0.15, 0.2) is 12.3 Å². The van der Waals surface area contributed by atoms with Crippen molar-refractivity contribution in [2.45, 2.75) is 180 Å². The summed E-state index contributed by atoms with van der Waals surface area (Å²) in [6.45, 7) is 6.58. The number of hydrogen-bond donors (Lipinski definition) is 5. The summed E-state index contributed by atoms with van der Waals surface area (Å²) in [6.07, 6.45) is 11.3. The van der Waals surface area contributed by atoms with Crippen LogP contribution >= 0.6 is 15.6 Å². The topological polar surface area (TPSA) is 265 Å². The number of aromatic nitrogens is 2. The van der Waals surface area contributed by atoms with E-state index in [1.807, 2.05) is 0 Å². The Bertz CT molecular complexity index is 1510. The van der Waals surface area contributed by atoms with Crippen LogP contribution in [0, 0.1) is 11.8 Å². The predicted octanol–water partition coefficient (Wildman–Crippen LogP) is 6.87. The first-order valence-corrected chi connectivity index (χ1v) is 24.3. The number of rotatable bonds is 33. The Hall–Kier alpha value is -2.24. The molecule has 2 heterocycles. The zero-order chi connectivity index (χ0) is 43.8. The van der Waals surface area contributed by atoms with Crippen LogP contribution in [0.4, 0.5) is 5.82 Å². The van der Waals surface area contributed by atoms with Crippen LogP contribution in [0.15, 0.2) is 17.1 Å². The molecule has 0 amide bonds. The van der Waals surface area contributed by atoms with Crippen molar-refractivity contribution in [3.8, 4) is 0 Å². The molecule has 20 heteroatoms. The number of nitrogens with two attached hydrogens (primary N) is 1. The average molecular weight is 884 g/mol. The number of unbranched alkanes of at least 4 members (excludes halogenated alkanes) is 13. The molecule has 1 aromatic rings. The fourth-order valence-corrected chi connectivity index (χ4v) is 8.56. The second kappa shape index (κ2) is 28.4. The highest BCUT2D eigenvalue weighted by atomic mass is 31.3. The number of nitrogen functional groups attached to an aromatic ring is 1. The van der Waals surface area contributed by atoms with E-state index < -0.39 is 83.7 Å². The standard InChI is InChI=1S/C39H71N3O15P2/c1-29(2)20-16-12-8-5-6-10-14-18-22-34(43)52-26-31(55-35(44)23-19-15-11-7-9-13-17-21-30(3)4)27-53-58(48,49)57-59(50,51)54-28-32-36(45)37(46)38(56-32)42-25-24-33(40)41-39(42)47/h24-25,29-32,36-38,45-46H,5-23,26-28H2,1-4H3,(H,48,49)(H,50,51)(H2,40,41,47)/t31-,32-,36+,37?,38-/m1/s1. The van der Waals surface area contributed by atoms with Gasteiger partial charge in [-0.05, 0) is 30.7 Å². The van der Waals surface area contributed by atoms with E-state index in [2.05, 4.69) is 37.0 Å². The van der Waals surface area contributed by atoms with Crippen LogP contribution in [-0.4, -0.2) is 85.7 Å². The van der Waals surface area contributed by atoms with Gasteiger partial charge in [-0.25, -0.2) is 13.9 Å². The highest BCUT2D eigenvalue weighted by Crippen LogP contribution is 2.60. The van der Waals surface area contributed by atoms with E-state index in [0.29, 0.717) is 18.8 Å². The van der Waals surface area contributed by atoms with Crippen LogP contribution in [0.5, 0.6) is 0 Å². The van der Waals surface area contributed by atoms with Crippen molar-refractivity contribution in [3.05, 3.63) is 22.7 Å². The Balaban J connectivity index is 1.86. The molecule has 18 nitrogen and oxygen atoms in total. The zero-order valence-corrected chi connectivity index (χ0v) is 37.2. The van der Waals surface area contributed by atoms with Crippen LogP contribution < -0.4 is 11.4 Å². The number of nitrogens with zero attached hydrogens (tertiary/aromatic N) is 2. The number of aliphatic hydroxyl groups is 2. The Kier molecular flexibility index (Phi) is 25.4. The number of phosphoric ester groups is 2. The van der Waals surface area contributed by atoms with Crippen molar-refractivity contribution < 1.29 is 66.3 Å². The third kappa shape index (κ3) is 23.5. The first kappa shape index (κ1) is 52.9. The van der Waals surface area contributed by atoms with E-state index in [9.17, 15) is 43.5 Å². The van der Waals surface area contributed by atoms with Gasteiger partial charge in [0.05, 0.1) is 13.2 Å². The lowest BCUT2D eigenvalue weighted by molar-refractivity contribution is -0.161. The van der Waals surface area contributed by atoms with E-state index in [1.54, 1.807) is 0 Å². The molecule has 0 aromatic carbocycles. The Labute approximate surface area is 349 Å². The Morgan fingerprint density at radius 1 is 0.763 bits per heavy atom. The molecule has 1 aliphatic rings. The monoisotopic (exact) mass is 883 g/mol. The molecule has 2 rings (SSSR count). The van der Waals surface area contributed by atoms with E-state index in [-0.39, 0.29) is 18.7 Å². The summed E-state index contributed by atoms with van der Waals surface area (Å²) >= 11 is 0. The summed E-state index contributed by atoms with van der Waals surface area (Å²) in [4.78, 5) is 61.4. The second-order valence-corrected chi connectivity index (χ2v) is 19.2. The highest BCUT2D eigenvalue weighted by Gasteiger charge is 2.46. The van der Waals surface area contributed by atoms with E-state index >= 15 is 0 Å². The summed E-state index contributed by atoms with van der Waals surface area (Å²) < 4.78 is 56.4. The lowest BCUT2D eigenvalue weighted by Gasteiger charge is -2.21. The summed E-state index contributed by atoms with van der Waals surface area (Å²) in [5, 5.41) is 20.8. The van der Waals surface area contributed by atoms with Gasteiger partial charge in [-0.1, -0.05) is 124 Å². The van der Waals surface area contributed by atoms with Crippen LogP contribution in [0.1, 0.15) is 156 Å². The first-order valence-electron chi connectivity index (χ1n) is 21.3. The lowest BCUT2D eigenvalue weighted by Crippen LogP contribution is -2.36. The second-order valence-electron chi connectivity index (χ2n) is 16.2. The van der Waals surface area contributed by atoms with E-state index in [4.69, 9.17) is 29.0 Å². The van der Waals surface area contributed by atoms with E-state index in [0.717, 1.165) is 68.0 Å². The third-order valence-corrected chi connectivity index (χ3v) is 12.4. The number of carbonyl (C=O) groups is 2. The van der Waals surface area contributed by atoms with Gasteiger partial charge in [0.1, 0.15) is 30.7 Å². The van der Waals surface area contributed by atoms with Crippen LogP contribution in [0.3, 0.4) is 0 Å². The average Bonchev–Trinajstić information content (AvgIpc) is 3.43. The third-order valence-electron chi connectivity index (χ3n) is 9.80. The molecule has 0 spiro atoms. The summed E-state index contributed by atoms with van der Waals surface area (Å²) in [5.74, 6) is 0.117. The number of carbonyl (C=O) groups excluding carboxylic acids is 2. The van der Waals surface area contributed by atoms with Crippen molar-refractivity contribution in [2.75, 3.05) is 25.6 Å². The molecule has 6 N–H and O–H groups in total. The quantitative estimate of drug-likeness (QED) is 0.0274. The molecule has 7 atom stereocenters. The SMILES string of the molecule is CC(C)CCCCCCCCCCC(=O)OC[C@H](COP(=O)(O)OP(=O)(O)OC[C@H]1O[C@@H](n2ccc(N)nc2=O)C(O)[C@H]1O)OC(=O)CCCCCCCCCC(C)C. The van der Waals surface area contributed by atoms with Gasteiger partial charge in [0.2, 0.25) is 0 Å². The molecule has 0 bridgehead atoms. The normalized spacial score (nSPS) is 20.7. The molecule has 342 valence electrons. The predicted molar refractivity (Wildman–Crippen MR) is 220 cm³/mol. The largest absolute Gasteiger partial charge is 0.481 e. The lowest BCUT2D eigenvalue weighted by atomic mass is 10.0. The zero-order valence-electron chi connectivity index (χ0n) is 35.4. The molecule has 0 aliphatic carbocycles. The maximum absolute atomic E-state index is 12.7. The van der Waals surface area contributed by atoms with Crippen LogP contribution in [0.25, 0.3) is 0 Å². The van der Waals surface area contributed by atoms with Gasteiger partial charge in [0.25, 0.3) is 0 Å². The number of esters is 2. The van der Waals surface area contributed by atoms with Crippen molar-refractivity contribution in [2.24, 2.45) is 11.8 Å². The summed E-state index contributed by atoms with van der Waals surface area (Å²) in [7, 11) is -10.8. The van der Waals surface area contributed by atoms with Crippen molar-refractivity contribution in [1.82, 2.24) is 9.55 Å². The minimum absolute atomic E-state index is 0.0522. The molecule has 1 fully saturated rings. The van der Waals surface area contributed by atoms with Crippen molar-refractivity contribution in [1.29, 1.82) is 0 Å². The molecule has 1 aliphatic heterocycles. The van der Waals surface area contributed by atoms with Gasteiger partial charge in [0, 0.05) is 19.0 Å². The minimum atomic E-state index is -5.41. The van der Waals surface area contributed by atoms with Gasteiger partial charge >= 0.3 is 33.3 Å². The maximum atomic E-state index is 12.7. The molecule has 59 heavy (non-hydrogen) atoms. The number of hydrogen-bond acceptors (Lipinski definition) is 15. The maximum Gasteiger partial charge on any atom is 0.481 e. The molecular weight excluding hydrogens is 812 g/mol. The highest BCUT2D eigenvalue weighted by molar-refractivity contribution is 7.61. The van der Waals surface area contributed by atoms with Gasteiger partial charge < -0.3 is 39.9 Å². The molecular formula is C39H71N3O15P2. The fraction of sp³-hybridized carbons (Fsp3) is 0.846. The number of phosphoric acid groups is 2. The molecule has 1 saturated heterocycles. The number of aliphatic hydroxyl groups excluding tert-OH is 2. The number of ether oxygens (including phenoxy) is 3. The Morgan fingerprint density at radius 3 is 1.78 bits per heavy atom. The molecule has 0 saturated carbocycles. The summed E-state index contributed by atoms with van der Waals surface area (Å²) in [6, 6.07) is 1.25. The molecule has 3 unspecified atom stereocenters. The van der Waals surface area contributed by atoms with Crippen LogP contribution in [-0.2, 0) is 46.3 Å². The number of anilines is 1. The molecule has 1 aromatic heterocycles. The smallest absolute Gasteiger partial charge is 0.462 e. The van der Waals surface area contributed by atoms with Crippen molar-refractivity contribution in [3.63, 3.8) is 0 Å². The fourth-order valence-electron chi connectivity index (χ4n) is 6.45. The minimum Gasteiger partial charge on any atom is -0.462 e. The van der Waals surface area contributed by atoms with Crippen molar-refractivity contribution >= 4 is 33.4 Å². The molecule has 0 radical (unpaired) electrons.